The summed E-state index contributed by atoms with van der Waals surface area (Å²) in [6, 6.07) is 43.3. The van der Waals surface area contributed by atoms with Gasteiger partial charge in [0.05, 0.1) is 49.6 Å². The van der Waals surface area contributed by atoms with Gasteiger partial charge in [-0.1, -0.05) is 90.6 Å². The van der Waals surface area contributed by atoms with Gasteiger partial charge in [0, 0.05) is 24.1 Å². The number of ether oxygens (including phenoxy) is 3. The Morgan fingerprint density at radius 3 is 2.06 bits per heavy atom. The van der Waals surface area contributed by atoms with E-state index in [-0.39, 0.29) is 25.7 Å². The van der Waals surface area contributed by atoms with Gasteiger partial charge in [-0.05, 0) is 70.8 Å². The number of carbonyl (C=O) groups is 1. The van der Waals surface area contributed by atoms with E-state index in [0.717, 1.165) is 49.7 Å². The van der Waals surface area contributed by atoms with Crippen molar-refractivity contribution in [2.75, 3.05) is 39.4 Å². The highest BCUT2D eigenvalue weighted by molar-refractivity contribution is 8.03. The summed E-state index contributed by atoms with van der Waals surface area (Å²) in [6.45, 7) is -0.219. The average molecular weight is 725 g/mol. The lowest BCUT2D eigenvalue weighted by Crippen LogP contribution is -2.49. The SMILES string of the molecule is COc1ccc(C(OC[C@H](CO)NC(=O)C[n+]2ccc(C=C3Sc4ccccc4N3C)c3ccccc32)(c2ccccc2)c2ccc(OC)cc2)cc1. The number of nitrogens with one attached hydrogen (secondary N) is 1. The highest BCUT2D eigenvalue weighted by Crippen LogP contribution is 2.46. The predicted molar refractivity (Wildman–Crippen MR) is 210 cm³/mol. The monoisotopic (exact) mass is 724 g/mol. The van der Waals surface area contributed by atoms with E-state index in [9.17, 15) is 9.90 Å². The molecule has 2 heterocycles. The Balaban J connectivity index is 1.14. The summed E-state index contributed by atoms with van der Waals surface area (Å²) < 4.78 is 19.8. The molecule has 5 aromatic carbocycles. The lowest BCUT2D eigenvalue weighted by molar-refractivity contribution is -0.658. The number of hydrogen-bond donors (Lipinski definition) is 2. The molecule has 1 aliphatic heterocycles. The van der Waals surface area contributed by atoms with E-state index in [1.807, 2.05) is 114 Å². The van der Waals surface area contributed by atoms with Crippen LogP contribution in [0.15, 0.2) is 150 Å². The van der Waals surface area contributed by atoms with E-state index >= 15 is 0 Å². The number of anilines is 1. The van der Waals surface area contributed by atoms with E-state index in [2.05, 4.69) is 53.7 Å². The lowest BCUT2D eigenvalue weighted by Gasteiger charge is -2.37. The Hall–Kier alpha value is -5.61. The van der Waals surface area contributed by atoms with Gasteiger partial charge in [-0.2, -0.15) is 4.57 Å². The van der Waals surface area contributed by atoms with Gasteiger partial charge in [-0.25, -0.2) is 0 Å². The molecule has 0 saturated carbocycles. The summed E-state index contributed by atoms with van der Waals surface area (Å²) in [5.74, 6) is 1.20. The molecule has 8 nitrogen and oxygen atoms in total. The molecule has 0 aliphatic carbocycles. The minimum absolute atomic E-state index is 0.0285. The third-order valence-corrected chi connectivity index (χ3v) is 10.7. The number of amides is 1. The fourth-order valence-corrected chi connectivity index (χ4v) is 7.92. The maximum absolute atomic E-state index is 13.7. The number of hydrogen-bond acceptors (Lipinski definition) is 7. The topological polar surface area (TPSA) is 84.1 Å². The molecule has 1 aliphatic rings. The van der Waals surface area contributed by atoms with Crippen LogP contribution in [0.5, 0.6) is 11.5 Å². The first-order valence-corrected chi connectivity index (χ1v) is 18.3. The van der Waals surface area contributed by atoms with E-state index in [0.29, 0.717) is 0 Å². The molecule has 1 amide bonds. The standard InChI is InChI=1S/C44H41N3O5S/c1-46-40-15-9-10-16-41(40)53-43(46)27-31-25-26-47(39-14-8-7-13-38(31)39)28-42(49)45-35(29-48)30-52-44(32-11-5-4-6-12-32,33-17-21-36(50-2)22-18-33)34-19-23-37(51-3)24-20-34/h4-27,35,48H,28-30H2,1-3H3/p+1/t35-/m0/s1. The van der Waals surface area contributed by atoms with Crippen molar-refractivity contribution in [1.29, 1.82) is 0 Å². The minimum atomic E-state index is -1.08. The second-order valence-electron chi connectivity index (χ2n) is 12.8. The number of fused-ring (bicyclic) bond motifs is 2. The average Bonchev–Trinajstić information content (AvgIpc) is 3.53. The van der Waals surface area contributed by atoms with Crippen molar-refractivity contribution in [1.82, 2.24) is 5.32 Å². The molecular formula is C44H42N3O5S+. The first-order chi connectivity index (χ1) is 25.9. The minimum Gasteiger partial charge on any atom is -0.497 e. The number of para-hydroxylation sites is 2. The number of aliphatic hydroxyl groups excluding tert-OH is 1. The summed E-state index contributed by atoms with van der Waals surface area (Å²) >= 11 is 1.75. The molecule has 0 radical (unpaired) electrons. The van der Waals surface area contributed by atoms with Gasteiger partial charge in [-0.3, -0.25) is 4.79 Å². The fourth-order valence-electron chi connectivity index (χ4n) is 6.82. The summed E-state index contributed by atoms with van der Waals surface area (Å²) in [5, 5.41) is 15.8. The van der Waals surface area contributed by atoms with Crippen molar-refractivity contribution in [3.8, 4) is 11.5 Å². The van der Waals surface area contributed by atoms with E-state index < -0.39 is 11.6 Å². The number of aromatic nitrogens is 1. The first-order valence-electron chi connectivity index (χ1n) is 17.5. The number of benzene rings is 5. The van der Waals surface area contributed by atoms with Crippen molar-refractivity contribution in [2.24, 2.45) is 0 Å². The Kier molecular flexibility index (Phi) is 10.8. The van der Waals surface area contributed by atoms with Gasteiger partial charge in [0.25, 0.3) is 5.91 Å². The van der Waals surface area contributed by atoms with Crippen LogP contribution in [-0.4, -0.2) is 51.5 Å². The quantitative estimate of drug-likeness (QED) is 0.0966. The molecule has 1 aromatic heterocycles. The van der Waals surface area contributed by atoms with Crippen molar-refractivity contribution in [2.45, 2.75) is 23.1 Å². The molecule has 7 rings (SSSR count). The van der Waals surface area contributed by atoms with Crippen molar-refractivity contribution in [3.05, 3.63) is 167 Å². The summed E-state index contributed by atoms with van der Waals surface area (Å²) in [7, 11) is 5.35. The molecular weight excluding hydrogens is 683 g/mol. The summed E-state index contributed by atoms with van der Waals surface area (Å²) in [6.07, 6.45) is 4.14. The maximum Gasteiger partial charge on any atom is 0.286 e. The molecule has 1 atom stereocenters. The summed E-state index contributed by atoms with van der Waals surface area (Å²) in [5.41, 5.74) is 4.71. The zero-order chi connectivity index (χ0) is 36.8. The molecule has 2 N–H and O–H groups in total. The van der Waals surface area contributed by atoms with Crippen LogP contribution in [0.2, 0.25) is 0 Å². The van der Waals surface area contributed by atoms with Crippen molar-refractivity contribution >= 4 is 40.3 Å². The predicted octanol–water partition coefficient (Wildman–Crippen LogP) is 7.17. The van der Waals surface area contributed by atoms with Crippen molar-refractivity contribution in [3.63, 3.8) is 0 Å². The number of aliphatic hydroxyl groups is 1. The van der Waals surface area contributed by atoms with Crippen LogP contribution < -0.4 is 24.3 Å². The number of thioether (sulfide) groups is 1. The molecule has 0 fully saturated rings. The Morgan fingerprint density at radius 1 is 0.811 bits per heavy atom. The maximum atomic E-state index is 13.7. The third kappa shape index (κ3) is 7.37. The number of carbonyl (C=O) groups excluding carboxylic acids is 1. The number of pyridine rings is 1. The molecule has 0 unspecified atom stereocenters. The number of methoxy groups -OCH3 is 2. The van der Waals surface area contributed by atoms with Crippen LogP contribution in [0.4, 0.5) is 5.69 Å². The number of nitrogens with zero attached hydrogens (tertiary/aromatic N) is 2. The van der Waals surface area contributed by atoms with Gasteiger partial charge in [0.1, 0.15) is 17.1 Å². The van der Waals surface area contributed by atoms with Gasteiger partial charge in [0.15, 0.2) is 6.20 Å². The Morgan fingerprint density at radius 2 is 1.42 bits per heavy atom. The molecule has 6 aromatic rings. The van der Waals surface area contributed by atoms with Crippen LogP contribution in [0.3, 0.4) is 0 Å². The van der Waals surface area contributed by atoms with Crippen LogP contribution in [0.1, 0.15) is 22.3 Å². The highest BCUT2D eigenvalue weighted by atomic mass is 32.2. The molecule has 0 bridgehead atoms. The molecule has 0 saturated heterocycles. The first kappa shape index (κ1) is 35.8. The second kappa shape index (κ2) is 16.0. The molecule has 268 valence electrons. The van der Waals surface area contributed by atoms with Crippen molar-refractivity contribution < 1.29 is 28.7 Å². The zero-order valence-corrected chi connectivity index (χ0v) is 30.8. The molecule has 0 spiro atoms. The zero-order valence-electron chi connectivity index (χ0n) is 29.9. The van der Waals surface area contributed by atoms with Gasteiger partial charge < -0.3 is 29.5 Å². The normalized spacial score (nSPS) is 13.9. The largest absolute Gasteiger partial charge is 0.497 e. The molecule has 9 heteroatoms. The molecule has 53 heavy (non-hydrogen) atoms. The van der Waals surface area contributed by atoms with Gasteiger partial charge in [-0.15, -0.1) is 0 Å². The third-order valence-electron chi connectivity index (χ3n) is 9.58. The summed E-state index contributed by atoms with van der Waals surface area (Å²) in [4.78, 5) is 17.1. The van der Waals surface area contributed by atoms with E-state index in [4.69, 9.17) is 14.2 Å². The Bertz CT molecular complexity index is 2180. The van der Waals surface area contributed by atoms with Crippen LogP contribution in [0, 0.1) is 0 Å². The smallest absolute Gasteiger partial charge is 0.286 e. The lowest BCUT2D eigenvalue weighted by atomic mass is 9.80. The van der Waals surface area contributed by atoms with Gasteiger partial charge in [0.2, 0.25) is 12.1 Å². The fraction of sp³-hybridized carbons (Fsp3) is 0.182. The van der Waals surface area contributed by atoms with Crippen LogP contribution in [0.25, 0.3) is 17.0 Å². The van der Waals surface area contributed by atoms with E-state index in [1.54, 1.807) is 26.0 Å². The van der Waals surface area contributed by atoms with Crippen LogP contribution in [-0.2, 0) is 21.7 Å². The highest BCUT2D eigenvalue weighted by Gasteiger charge is 2.39. The second-order valence-corrected chi connectivity index (χ2v) is 13.9. The van der Waals surface area contributed by atoms with Gasteiger partial charge >= 0.3 is 0 Å². The number of rotatable bonds is 13. The Labute approximate surface area is 314 Å². The van der Waals surface area contributed by atoms with Crippen LogP contribution >= 0.6 is 11.8 Å². The van der Waals surface area contributed by atoms with E-state index in [1.165, 1.54) is 10.6 Å².